The monoisotopic (exact) mass is 244 g/mol. The molecule has 0 heterocycles. The van der Waals surface area contributed by atoms with Crippen molar-refractivity contribution in [3.63, 3.8) is 0 Å². The zero-order chi connectivity index (χ0) is 13.0. The van der Waals surface area contributed by atoms with Gasteiger partial charge >= 0.3 is 5.97 Å². The summed E-state index contributed by atoms with van der Waals surface area (Å²) in [5.74, 6) is -0.335. The van der Waals surface area contributed by atoms with E-state index in [-0.39, 0.29) is 5.92 Å². The molecule has 2 atom stereocenters. The molecule has 0 bridgehead atoms. The zero-order valence-electron chi connectivity index (χ0n) is 10.5. The Balaban J connectivity index is 1.98. The van der Waals surface area contributed by atoms with Crippen LogP contribution in [0.15, 0.2) is 54.6 Å². The van der Waals surface area contributed by atoms with Crippen molar-refractivity contribution in [2.75, 3.05) is 0 Å². The van der Waals surface area contributed by atoms with Gasteiger partial charge in [0.1, 0.15) is 5.60 Å². The SMILES string of the molecule is CC1C=CC=CC1(C)OOC(=O)c1ccccc1. The van der Waals surface area contributed by atoms with Crippen molar-refractivity contribution in [3.8, 4) is 0 Å². The van der Waals surface area contributed by atoms with Crippen LogP contribution in [0, 0.1) is 5.92 Å². The average molecular weight is 244 g/mol. The summed E-state index contributed by atoms with van der Waals surface area (Å²) in [7, 11) is 0. The van der Waals surface area contributed by atoms with Crippen LogP contribution in [0.25, 0.3) is 0 Å². The van der Waals surface area contributed by atoms with Gasteiger partial charge in [-0.15, -0.1) is 0 Å². The molecule has 2 unspecified atom stereocenters. The number of benzene rings is 1. The average Bonchev–Trinajstić information content (AvgIpc) is 2.41. The predicted octanol–water partition coefficient (Wildman–Crippen LogP) is 3.30. The number of hydrogen-bond donors (Lipinski definition) is 0. The molecule has 1 aliphatic carbocycles. The van der Waals surface area contributed by atoms with Gasteiger partial charge in [0.05, 0.1) is 5.56 Å². The van der Waals surface area contributed by atoms with Gasteiger partial charge in [-0.25, -0.2) is 4.79 Å². The first-order valence-electron chi connectivity index (χ1n) is 5.93. The smallest absolute Gasteiger partial charge is 0.292 e. The molecule has 0 aliphatic heterocycles. The molecule has 1 aromatic rings. The second-order valence-corrected chi connectivity index (χ2v) is 4.54. The van der Waals surface area contributed by atoms with Crippen LogP contribution in [0.1, 0.15) is 24.2 Å². The molecule has 0 amide bonds. The van der Waals surface area contributed by atoms with E-state index in [1.807, 2.05) is 44.2 Å². The van der Waals surface area contributed by atoms with Crippen LogP contribution >= 0.6 is 0 Å². The lowest BCUT2D eigenvalue weighted by Gasteiger charge is -2.30. The molecule has 1 aliphatic rings. The maximum atomic E-state index is 11.7. The molecule has 0 saturated carbocycles. The van der Waals surface area contributed by atoms with E-state index in [1.54, 1.807) is 24.3 Å². The highest BCUT2D eigenvalue weighted by atomic mass is 17.2. The van der Waals surface area contributed by atoms with E-state index in [0.29, 0.717) is 5.56 Å². The molecular formula is C15H16O3. The maximum absolute atomic E-state index is 11.7. The van der Waals surface area contributed by atoms with Gasteiger partial charge in [-0.05, 0) is 25.1 Å². The van der Waals surface area contributed by atoms with Crippen molar-refractivity contribution in [1.29, 1.82) is 0 Å². The minimum Gasteiger partial charge on any atom is -0.292 e. The second kappa shape index (κ2) is 5.19. The fourth-order valence-corrected chi connectivity index (χ4v) is 1.67. The van der Waals surface area contributed by atoms with Gasteiger partial charge in [-0.2, -0.15) is 4.89 Å². The molecule has 3 heteroatoms. The minimum absolute atomic E-state index is 0.145. The number of carbonyl (C=O) groups is 1. The van der Waals surface area contributed by atoms with E-state index in [0.717, 1.165) is 0 Å². The Morgan fingerprint density at radius 2 is 1.94 bits per heavy atom. The second-order valence-electron chi connectivity index (χ2n) is 4.54. The molecule has 0 N–H and O–H groups in total. The first-order valence-corrected chi connectivity index (χ1v) is 5.93. The standard InChI is InChI=1S/C15H16O3/c1-12-8-6-7-11-15(12,2)18-17-14(16)13-9-4-3-5-10-13/h3-12H,1-2H3. The number of carbonyl (C=O) groups excluding carboxylic acids is 1. The van der Waals surface area contributed by atoms with Gasteiger partial charge in [-0.1, -0.05) is 43.4 Å². The summed E-state index contributed by atoms with van der Waals surface area (Å²) in [6.45, 7) is 3.90. The first-order chi connectivity index (χ1) is 8.62. The molecule has 2 rings (SSSR count). The molecule has 3 nitrogen and oxygen atoms in total. The Kier molecular flexibility index (Phi) is 3.63. The van der Waals surface area contributed by atoms with E-state index >= 15 is 0 Å². The summed E-state index contributed by atoms with van der Waals surface area (Å²) in [5, 5.41) is 0. The molecule has 0 radical (unpaired) electrons. The van der Waals surface area contributed by atoms with Crippen molar-refractivity contribution in [3.05, 3.63) is 60.2 Å². The fraction of sp³-hybridized carbons (Fsp3) is 0.267. The van der Waals surface area contributed by atoms with E-state index in [2.05, 4.69) is 0 Å². The number of hydrogen-bond acceptors (Lipinski definition) is 3. The summed E-state index contributed by atoms with van der Waals surface area (Å²) >= 11 is 0. The van der Waals surface area contributed by atoms with E-state index < -0.39 is 11.6 Å². The third-order valence-electron chi connectivity index (χ3n) is 3.15. The molecule has 0 fully saturated rings. The lowest BCUT2D eigenvalue weighted by molar-refractivity contribution is -0.305. The maximum Gasteiger partial charge on any atom is 0.373 e. The highest BCUT2D eigenvalue weighted by Gasteiger charge is 2.32. The Morgan fingerprint density at radius 1 is 1.22 bits per heavy atom. The lowest BCUT2D eigenvalue weighted by atomic mass is 9.87. The van der Waals surface area contributed by atoms with Gasteiger partial charge < -0.3 is 0 Å². The van der Waals surface area contributed by atoms with Crippen molar-refractivity contribution in [1.82, 2.24) is 0 Å². The molecule has 1 aromatic carbocycles. The highest BCUT2D eigenvalue weighted by molar-refractivity contribution is 5.88. The summed E-state index contributed by atoms with van der Waals surface area (Å²) in [5.41, 5.74) is -0.136. The van der Waals surface area contributed by atoms with Crippen LogP contribution in [-0.2, 0) is 9.78 Å². The Hall–Kier alpha value is -1.87. The molecule has 0 saturated heterocycles. The van der Waals surface area contributed by atoms with Crippen molar-refractivity contribution in [2.45, 2.75) is 19.4 Å². The summed E-state index contributed by atoms with van der Waals surface area (Å²) in [4.78, 5) is 22.0. The van der Waals surface area contributed by atoms with Crippen LogP contribution in [-0.4, -0.2) is 11.6 Å². The molecule has 94 valence electrons. The van der Waals surface area contributed by atoms with E-state index in [4.69, 9.17) is 9.78 Å². The van der Waals surface area contributed by atoms with Crippen LogP contribution in [0.5, 0.6) is 0 Å². The van der Waals surface area contributed by atoms with Crippen LogP contribution in [0.3, 0.4) is 0 Å². The van der Waals surface area contributed by atoms with Gasteiger partial charge in [0.2, 0.25) is 0 Å². The van der Waals surface area contributed by atoms with Gasteiger partial charge in [0, 0.05) is 5.92 Å². The van der Waals surface area contributed by atoms with E-state index in [1.165, 1.54) is 0 Å². The van der Waals surface area contributed by atoms with Gasteiger partial charge in [-0.3, -0.25) is 4.89 Å². The summed E-state index contributed by atoms with van der Waals surface area (Å²) in [6.07, 6.45) is 7.73. The lowest BCUT2D eigenvalue weighted by Crippen LogP contribution is -2.35. The van der Waals surface area contributed by atoms with Crippen LogP contribution in [0.2, 0.25) is 0 Å². The third-order valence-corrected chi connectivity index (χ3v) is 3.15. The van der Waals surface area contributed by atoms with E-state index in [9.17, 15) is 4.79 Å². The largest absolute Gasteiger partial charge is 0.373 e. The molecular weight excluding hydrogens is 228 g/mol. The third kappa shape index (κ3) is 2.68. The topological polar surface area (TPSA) is 35.5 Å². The van der Waals surface area contributed by atoms with Gasteiger partial charge in [0.25, 0.3) is 0 Å². The quantitative estimate of drug-likeness (QED) is 0.604. The van der Waals surface area contributed by atoms with Crippen molar-refractivity contribution >= 4 is 5.97 Å². The Labute approximate surface area is 107 Å². The number of rotatable bonds is 3. The number of allylic oxidation sites excluding steroid dienone is 2. The van der Waals surface area contributed by atoms with Crippen molar-refractivity contribution in [2.24, 2.45) is 5.92 Å². The first kappa shape index (κ1) is 12.6. The molecule has 18 heavy (non-hydrogen) atoms. The molecule has 0 spiro atoms. The fourth-order valence-electron chi connectivity index (χ4n) is 1.67. The normalized spacial score (nSPS) is 26.0. The zero-order valence-corrected chi connectivity index (χ0v) is 10.5. The summed E-state index contributed by atoms with van der Waals surface area (Å²) < 4.78 is 0. The van der Waals surface area contributed by atoms with Crippen molar-refractivity contribution < 1.29 is 14.6 Å². The van der Waals surface area contributed by atoms with Crippen LogP contribution in [0.4, 0.5) is 0 Å². The Bertz CT molecular complexity index is 476. The van der Waals surface area contributed by atoms with Crippen LogP contribution < -0.4 is 0 Å². The highest BCUT2D eigenvalue weighted by Crippen LogP contribution is 2.28. The van der Waals surface area contributed by atoms with Gasteiger partial charge in [0.15, 0.2) is 0 Å². The molecule has 0 aromatic heterocycles. The predicted molar refractivity (Wildman–Crippen MR) is 68.8 cm³/mol. The summed E-state index contributed by atoms with van der Waals surface area (Å²) in [6, 6.07) is 8.78. The Morgan fingerprint density at radius 3 is 2.61 bits per heavy atom. The minimum atomic E-state index is -0.612.